The summed E-state index contributed by atoms with van der Waals surface area (Å²) in [6.45, 7) is 7.79. The van der Waals surface area contributed by atoms with Crippen molar-refractivity contribution < 1.29 is 4.79 Å². The van der Waals surface area contributed by atoms with Gasteiger partial charge in [-0.05, 0) is 19.9 Å². The first kappa shape index (κ1) is 17.3. The van der Waals surface area contributed by atoms with Crippen molar-refractivity contribution in [2.24, 2.45) is 0 Å². The Kier molecular flexibility index (Phi) is 5.43. The van der Waals surface area contributed by atoms with Crippen molar-refractivity contribution in [3.8, 4) is 0 Å². The van der Waals surface area contributed by atoms with Gasteiger partial charge in [0.15, 0.2) is 14.5 Å². The van der Waals surface area contributed by atoms with Crippen LogP contribution in [-0.2, 0) is 0 Å². The SMILES string of the molecule is C=C(C)CSc1nnc(S[C@@H](C)C(=O)c2c[nH]c3ccccc23)s1. The maximum atomic E-state index is 12.7. The van der Waals surface area contributed by atoms with Gasteiger partial charge in [-0.15, -0.1) is 10.2 Å². The summed E-state index contributed by atoms with van der Waals surface area (Å²) in [5.41, 5.74) is 2.81. The lowest BCUT2D eigenvalue weighted by Gasteiger charge is -2.06. The van der Waals surface area contributed by atoms with Crippen LogP contribution in [0.25, 0.3) is 10.9 Å². The Hall–Kier alpha value is -1.57. The van der Waals surface area contributed by atoms with Gasteiger partial charge >= 0.3 is 0 Å². The third-order valence-electron chi connectivity index (χ3n) is 3.33. The van der Waals surface area contributed by atoms with Crippen LogP contribution in [0.1, 0.15) is 24.2 Å². The third kappa shape index (κ3) is 3.91. The van der Waals surface area contributed by atoms with Gasteiger partial charge in [0.1, 0.15) is 0 Å². The molecule has 124 valence electrons. The van der Waals surface area contributed by atoms with Crippen LogP contribution in [0.2, 0.25) is 0 Å². The number of nitrogens with zero attached hydrogens (tertiary/aromatic N) is 2. The number of aromatic nitrogens is 3. The van der Waals surface area contributed by atoms with Crippen molar-refractivity contribution in [3.05, 3.63) is 48.2 Å². The quantitative estimate of drug-likeness (QED) is 0.356. The molecule has 0 amide bonds. The van der Waals surface area contributed by atoms with Crippen LogP contribution in [0.5, 0.6) is 0 Å². The number of hydrogen-bond donors (Lipinski definition) is 1. The Balaban J connectivity index is 1.69. The first-order valence-corrected chi connectivity index (χ1v) is 10.1. The highest BCUT2D eigenvalue weighted by Gasteiger charge is 2.21. The fourth-order valence-electron chi connectivity index (χ4n) is 2.19. The van der Waals surface area contributed by atoms with Crippen LogP contribution in [0.15, 0.2) is 51.3 Å². The van der Waals surface area contributed by atoms with E-state index in [1.807, 2.05) is 38.1 Å². The fourth-order valence-corrected chi connectivity index (χ4v) is 5.26. The lowest BCUT2D eigenvalue weighted by Crippen LogP contribution is -2.12. The summed E-state index contributed by atoms with van der Waals surface area (Å²) in [6.07, 6.45) is 1.79. The van der Waals surface area contributed by atoms with E-state index in [-0.39, 0.29) is 11.0 Å². The number of para-hydroxylation sites is 1. The lowest BCUT2D eigenvalue weighted by atomic mass is 10.1. The van der Waals surface area contributed by atoms with Crippen molar-refractivity contribution in [1.82, 2.24) is 15.2 Å². The molecule has 0 radical (unpaired) electrons. The molecule has 0 bridgehead atoms. The molecule has 2 aromatic heterocycles. The summed E-state index contributed by atoms with van der Waals surface area (Å²) in [5.74, 6) is 0.937. The van der Waals surface area contributed by atoms with Crippen LogP contribution in [0.3, 0.4) is 0 Å². The topological polar surface area (TPSA) is 58.6 Å². The summed E-state index contributed by atoms with van der Waals surface area (Å²) in [6, 6.07) is 7.84. The van der Waals surface area contributed by atoms with Gasteiger partial charge in [-0.1, -0.05) is 65.2 Å². The molecule has 2 heterocycles. The molecule has 0 aliphatic rings. The first-order chi connectivity index (χ1) is 11.5. The van der Waals surface area contributed by atoms with Gasteiger partial charge in [0.25, 0.3) is 0 Å². The predicted molar refractivity (Wildman–Crippen MR) is 103 cm³/mol. The van der Waals surface area contributed by atoms with E-state index in [1.54, 1.807) is 18.0 Å². The minimum absolute atomic E-state index is 0.101. The number of fused-ring (bicyclic) bond motifs is 1. The second-order valence-corrected chi connectivity index (χ2v) is 9.24. The number of H-pyrrole nitrogens is 1. The zero-order valence-corrected chi connectivity index (χ0v) is 15.9. The fraction of sp³-hybridized carbons (Fsp3) is 0.235. The van der Waals surface area contributed by atoms with E-state index in [2.05, 4.69) is 21.8 Å². The van der Waals surface area contributed by atoms with Gasteiger partial charge < -0.3 is 4.98 Å². The number of ketones is 1. The van der Waals surface area contributed by atoms with Crippen molar-refractivity contribution in [2.45, 2.75) is 27.8 Å². The van der Waals surface area contributed by atoms with Gasteiger partial charge in [0, 0.05) is 28.4 Å². The highest BCUT2D eigenvalue weighted by Crippen LogP contribution is 2.33. The number of rotatable bonds is 7. The highest BCUT2D eigenvalue weighted by molar-refractivity contribution is 8.04. The van der Waals surface area contributed by atoms with Crippen molar-refractivity contribution in [1.29, 1.82) is 0 Å². The van der Waals surface area contributed by atoms with Crippen molar-refractivity contribution in [2.75, 3.05) is 5.75 Å². The molecule has 0 aliphatic carbocycles. The Morgan fingerprint density at radius 3 is 2.88 bits per heavy atom. The van der Waals surface area contributed by atoms with Crippen LogP contribution in [0, 0.1) is 0 Å². The molecule has 0 fully saturated rings. The number of aromatic amines is 1. The summed E-state index contributed by atoms with van der Waals surface area (Å²) >= 11 is 4.61. The highest BCUT2D eigenvalue weighted by atomic mass is 32.2. The molecular formula is C17H17N3OS3. The molecule has 3 aromatic rings. The number of thioether (sulfide) groups is 2. The summed E-state index contributed by atoms with van der Waals surface area (Å²) in [4.78, 5) is 15.9. The second kappa shape index (κ2) is 7.55. The molecule has 0 spiro atoms. The molecule has 7 heteroatoms. The zero-order chi connectivity index (χ0) is 17.1. The Bertz CT molecular complexity index is 884. The minimum atomic E-state index is -0.212. The van der Waals surface area contributed by atoms with E-state index >= 15 is 0 Å². The number of carbonyl (C=O) groups is 1. The zero-order valence-electron chi connectivity index (χ0n) is 13.4. The first-order valence-electron chi connectivity index (χ1n) is 7.42. The average Bonchev–Trinajstić information content (AvgIpc) is 3.18. The molecular weight excluding hydrogens is 358 g/mol. The van der Waals surface area contributed by atoms with E-state index in [0.29, 0.717) is 0 Å². The Labute approximate surface area is 153 Å². The van der Waals surface area contributed by atoms with Crippen LogP contribution in [-0.4, -0.2) is 32.0 Å². The van der Waals surface area contributed by atoms with E-state index in [9.17, 15) is 4.79 Å². The molecule has 1 atom stereocenters. The Morgan fingerprint density at radius 1 is 1.33 bits per heavy atom. The van der Waals surface area contributed by atoms with E-state index in [0.717, 1.165) is 36.5 Å². The summed E-state index contributed by atoms with van der Waals surface area (Å²) < 4.78 is 1.73. The number of nitrogens with one attached hydrogen (secondary N) is 1. The molecule has 24 heavy (non-hydrogen) atoms. The number of benzene rings is 1. The number of carbonyl (C=O) groups excluding carboxylic acids is 1. The average molecular weight is 376 g/mol. The summed E-state index contributed by atoms with van der Waals surface area (Å²) in [7, 11) is 0. The monoisotopic (exact) mass is 375 g/mol. The maximum absolute atomic E-state index is 12.7. The van der Waals surface area contributed by atoms with E-state index in [4.69, 9.17) is 0 Å². The van der Waals surface area contributed by atoms with E-state index < -0.39 is 0 Å². The molecule has 3 rings (SSSR count). The lowest BCUT2D eigenvalue weighted by molar-refractivity contribution is 0.0995. The van der Waals surface area contributed by atoms with Crippen molar-refractivity contribution >= 4 is 51.5 Å². The van der Waals surface area contributed by atoms with Crippen LogP contribution >= 0.6 is 34.9 Å². The van der Waals surface area contributed by atoms with Crippen LogP contribution in [0.4, 0.5) is 0 Å². The molecule has 0 saturated carbocycles. The molecule has 0 unspecified atom stereocenters. The smallest absolute Gasteiger partial charge is 0.178 e. The molecule has 1 aromatic carbocycles. The minimum Gasteiger partial charge on any atom is -0.360 e. The molecule has 0 aliphatic heterocycles. The van der Waals surface area contributed by atoms with Gasteiger partial charge in [-0.25, -0.2) is 0 Å². The van der Waals surface area contributed by atoms with Gasteiger partial charge in [0.05, 0.1) is 5.25 Å². The maximum Gasteiger partial charge on any atom is 0.178 e. The summed E-state index contributed by atoms with van der Waals surface area (Å²) in [5, 5.41) is 9.10. The number of hydrogen-bond acceptors (Lipinski definition) is 6. The standard InChI is InChI=1S/C17H17N3OS3/c1-10(2)9-22-16-19-20-17(24-16)23-11(3)15(21)13-8-18-14-7-5-4-6-12(13)14/h4-8,11,18H,1,9H2,2-3H3/t11-/m0/s1. The van der Waals surface area contributed by atoms with Crippen LogP contribution < -0.4 is 0 Å². The predicted octanol–water partition coefficient (Wildman–Crippen LogP) is 5.05. The molecule has 0 saturated heterocycles. The van der Waals surface area contributed by atoms with Gasteiger partial charge in [-0.2, -0.15) is 0 Å². The third-order valence-corrected chi connectivity index (χ3v) is 6.80. The normalized spacial score (nSPS) is 12.4. The number of Topliss-reactive ketones (excluding diaryl/α,β-unsaturated/α-hetero) is 1. The molecule has 4 nitrogen and oxygen atoms in total. The largest absolute Gasteiger partial charge is 0.360 e. The van der Waals surface area contributed by atoms with Gasteiger partial charge in [0.2, 0.25) is 0 Å². The second-order valence-electron chi connectivity index (χ2n) is 5.45. The van der Waals surface area contributed by atoms with Crippen molar-refractivity contribution in [3.63, 3.8) is 0 Å². The van der Waals surface area contributed by atoms with Gasteiger partial charge in [-0.3, -0.25) is 4.79 Å². The molecule has 1 N–H and O–H groups in total. The van der Waals surface area contributed by atoms with E-state index in [1.165, 1.54) is 23.1 Å². The Morgan fingerprint density at radius 2 is 2.08 bits per heavy atom.